The Balaban J connectivity index is 1.68. The molecule has 1 aliphatic rings. The number of anilines is 1. The van der Waals surface area contributed by atoms with Crippen LogP contribution >= 0.6 is 0 Å². The molecular formula is C24H41N3O3. The van der Waals surface area contributed by atoms with Gasteiger partial charge in [-0.1, -0.05) is 45.4 Å². The Labute approximate surface area is 182 Å². The number of aromatic nitrogens is 1. The van der Waals surface area contributed by atoms with E-state index in [1.165, 1.54) is 38.5 Å². The monoisotopic (exact) mass is 419 g/mol. The molecule has 0 spiro atoms. The van der Waals surface area contributed by atoms with Crippen molar-refractivity contribution in [3.8, 4) is 5.75 Å². The fraction of sp³-hybridized carbons (Fsp3) is 0.750. The summed E-state index contributed by atoms with van der Waals surface area (Å²) in [5, 5.41) is 3.44. The number of amides is 1. The molecule has 1 fully saturated rings. The number of unbranched alkanes of at least 4 members (excludes halogenated alkanes) is 6. The average Bonchev–Trinajstić information content (AvgIpc) is 2.70. The second kappa shape index (κ2) is 12.7. The van der Waals surface area contributed by atoms with E-state index in [4.69, 9.17) is 9.47 Å². The maximum atomic E-state index is 12.3. The summed E-state index contributed by atoms with van der Waals surface area (Å²) >= 11 is 0. The first-order valence-corrected chi connectivity index (χ1v) is 11.7. The summed E-state index contributed by atoms with van der Waals surface area (Å²) in [7, 11) is 0. The summed E-state index contributed by atoms with van der Waals surface area (Å²) < 4.78 is 11.3. The molecular weight excluding hydrogens is 378 g/mol. The fourth-order valence-corrected chi connectivity index (χ4v) is 3.60. The molecule has 6 nitrogen and oxygen atoms in total. The zero-order chi connectivity index (χ0) is 21.8. The number of rotatable bonds is 11. The van der Waals surface area contributed by atoms with Crippen LogP contribution in [0.25, 0.3) is 0 Å². The van der Waals surface area contributed by atoms with Crippen LogP contribution in [0.3, 0.4) is 0 Å². The van der Waals surface area contributed by atoms with Gasteiger partial charge in [-0.3, -0.25) is 0 Å². The van der Waals surface area contributed by atoms with Crippen LogP contribution < -0.4 is 10.1 Å². The topological polar surface area (TPSA) is 63.7 Å². The largest absolute Gasteiger partial charge is 0.492 e. The van der Waals surface area contributed by atoms with Crippen LogP contribution in [0.2, 0.25) is 0 Å². The van der Waals surface area contributed by atoms with Gasteiger partial charge in [0.1, 0.15) is 17.2 Å². The number of piperidine rings is 1. The maximum absolute atomic E-state index is 12.3. The highest BCUT2D eigenvalue weighted by atomic mass is 16.6. The van der Waals surface area contributed by atoms with E-state index < -0.39 is 5.60 Å². The van der Waals surface area contributed by atoms with Gasteiger partial charge >= 0.3 is 6.09 Å². The number of ether oxygens (including phenoxy) is 2. The van der Waals surface area contributed by atoms with Crippen LogP contribution in [0.1, 0.15) is 85.5 Å². The highest BCUT2D eigenvalue weighted by molar-refractivity contribution is 5.68. The molecule has 1 aliphatic heterocycles. The Hall–Kier alpha value is -1.98. The predicted octanol–water partition coefficient (Wildman–Crippen LogP) is 6.02. The van der Waals surface area contributed by atoms with Crippen LogP contribution in [0.15, 0.2) is 18.3 Å². The summed E-state index contributed by atoms with van der Waals surface area (Å²) in [4.78, 5) is 18.6. The standard InChI is InChI=1S/C24H41N3O3/c1-5-6-7-8-9-10-11-17-29-21-14-15-22(25-18-21)26-20-13-12-16-27(19-20)23(28)30-24(2,3)4/h14-15,18,20H,5-13,16-17,19H2,1-4H3,(H,25,26). The highest BCUT2D eigenvalue weighted by Crippen LogP contribution is 2.19. The van der Waals surface area contributed by atoms with Crippen LogP contribution in [-0.4, -0.2) is 47.3 Å². The maximum Gasteiger partial charge on any atom is 0.410 e. The van der Waals surface area contributed by atoms with Gasteiger partial charge in [0, 0.05) is 19.1 Å². The van der Waals surface area contributed by atoms with Crippen LogP contribution in [0.4, 0.5) is 10.6 Å². The Morgan fingerprint density at radius 3 is 2.57 bits per heavy atom. The van der Waals surface area contributed by atoms with Gasteiger partial charge < -0.3 is 19.7 Å². The van der Waals surface area contributed by atoms with Gasteiger partial charge in [-0.05, 0) is 52.2 Å². The van der Waals surface area contributed by atoms with Crippen molar-refractivity contribution in [3.63, 3.8) is 0 Å². The summed E-state index contributed by atoms with van der Waals surface area (Å²) in [5.74, 6) is 1.62. The first kappa shape index (κ1) is 24.3. The first-order valence-electron chi connectivity index (χ1n) is 11.7. The van der Waals surface area contributed by atoms with E-state index in [9.17, 15) is 4.79 Å². The lowest BCUT2D eigenvalue weighted by atomic mass is 10.1. The van der Waals surface area contributed by atoms with Gasteiger partial charge in [-0.2, -0.15) is 0 Å². The third kappa shape index (κ3) is 9.68. The van der Waals surface area contributed by atoms with E-state index in [0.717, 1.165) is 44.0 Å². The van der Waals surface area contributed by atoms with Crippen molar-refractivity contribution >= 4 is 11.9 Å². The number of hydrogen-bond acceptors (Lipinski definition) is 5. The molecule has 1 aromatic heterocycles. The molecule has 170 valence electrons. The quantitative estimate of drug-likeness (QED) is 0.444. The van der Waals surface area contributed by atoms with E-state index in [-0.39, 0.29) is 12.1 Å². The van der Waals surface area contributed by atoms with Gasteiger partial charge in [0.15, 0.2) is 0 Å². The Kier molecular flexibility index (Phi) is 10.2. The van der Waals surface area contributed by atoms with E-state index in [1.807, 2.05) is 32.9 Å². The first-order chi connectivity index (χ1) is 14.4. The van der Waals surface area contributed by atoms with E-state index in [2.05, 4.69) is 17.2 Å². The van der Waals surface area contributed by atoms with Crippen molar-refractivity contribution in [2.75, 3.05) is 25.0 Å². The lowest BCUT2D eigenvalue weighted by molar-refractivity contribution is 0.0206. The van der Waals surface area contributed by atoms with Gasteiger partial charge in [0.2, 0.25) is 0 Å². The molecule has 1 N–H and O–H groups in total. The SMILES string of the molecule is CCCCCCCCCOc1ccc(NC2CCCN(C(=O)OC(C)(C)C)C2)nc1. The molecule has 0 saturated carbocycles. The van der Waals surface area contributed by atoms with E-state index in [1.54, 1.807) is 11.1 Å². The lowest BCUT2D eigenvalue weighted by Crippen LogP contribution is -2.47. The smallest absolute Gasteiger partial charge is 0.410 e. The second-order valence-corrected chi connectivity index (χ2v) is 9.26. The molecule has 2 heterocycles. The number of nitrogens with zero attached hydrogens (tertiary/aromatic N) is 2. The third-order valence-electron chi connectivity index (χ3n) is 5.18. The van der Waals surface area contributed by atoms with Gasteiger partial charge in [-0.25, -0.2) is 9.78 Å². The normalized spacial score (nSPS) is 16.9. The molecule has 1 unspecified atom stereocenters. The van der Waals surface area contributed by atoms with E-state index in [0.29, 0.717) is 6.54 Å². The third-order valence-corrected chi connectivity index (χ3v) is 5.18. The minimum atomic E-state index is -0.468. The summed E-state index contributed by atoms with van der Waals surface area (Å²) in [6, 6.07) is 4.09. The average molecular weight is 420 g/mol. The van der Waals surface area contributed by atoms with E-state index >= 15 is 0 Å². The summed E-state index contributed by atoms with van der Waals surface area (Å²) in [6.45, 7) is 10.1. The molecule has 0 aromatic carbocycles. The molecule has 1 amide bonds. The number of nitrogens with one attached hydrogen (secondary N) is 1. The zero-order valence-corrected chi connectivity index (χ0v) is 19.4. The molecule has 1 atom stereocenters. The van der Waals surface area contributed by atoms with Crippen LogP contribution in [0, 0.1) is 0 Å². The van der Waals surface area contributed by atoms with Crippen LogP contribution in [-0.2, 0) is 4.74 Å². The summed E-state index contributed by atoms with van der Waals surface area (Å²) in [6.07, 6.45) is 12.5. The number of likely N-dealkylation sites (tertiary alicyclic amines) is 1. The molecule has 0 aliphatic carbocycles. The van der Waals surface area contributed by atoms with Crippen LogP contribution in [0.5, 0.6) is 5.75 Å². The summed E-state index contributed by atoms with van der Waals surface area (Å²) in [5.41, 5.74) is -0.468. The van der Waals surface area contributed by atoms with Crippen molar-refractivity contribution in [1.82, 2.24) is 9.88 Å². The Morgan fingerprint density at radius 1 is 1.17 bits per heavy atom. The molecule has 6 heteroatoms. The van der Waals surface area contributed by atoms with Crippen molar-refractivity contribution in [2.24, 2.45) is 0 Å². The molecule has 0 radical (unpaired) electrons. The number of carbonyl (C=O) groups excluding carboxylic acids is 1. The Morgan fingerprint density at radius 2 is 1.90 bits per heavy atom. The van der Waals surface area contributed by atoms with Crippen molar-refractivity contribution in [2.45, 2.75) is 97.1 Å². The molecule has 30 heavy (non-hydrogen) atoms. The van der Waals surface area contributed by atoms with Gasteiger partial charge in [-0.15, -0.1) is 0 Å². The Bertz CT molecular complexity index is 613. The lowest BCUT2D eigenvalue weighted by Gasteiger charge is -2.34. The number of carbonyl (C=O) groups is 1. The van der Waals surface area contributed by atoms with Gasteiger partial charge in [0.25, 0.3) is 0 Å². The molecule has 2 rings (SSSR count). The second-order valence-electron chi connectivity index (χ2n) is 9.26. The van der Waals surface area contributed by atoms with Crippen molar-refractivity contribution < 1.29 is 14.3 Å². The number of hydrogen-bond donors (Lipinski definition) is 1. The minimum Gasteiger partial charge on any atom is -0.492 e. The zero-order valence-electron chi connectivity index (χ0n) is 19.4. The van der Waals surface area contributed by atoms with Crippen molar-refractivity contribution in [1.29, 1.82) is 0 Å². The number of pyridine rings is 1. The minimum absolute atomic E-state index is 0.179. The van der Waals surface area contributed by atoms with Gasteiger partial charge in [0.05, 0.1) is 12.8 Å². The molecule has 0 bridgehead atoms. The predicted molar refractivity (Wildman–Crippen MR) is 122 cm³/mol. The highest BCUT2D eigenvalue weighted by Gasteiger charge is 2.27. The fourth-order valence-electron chi connectivity index (χ4n) is 3.60. The molecule has 1 saturated heterocycles. The molecule has 1 aromatic rings. The van der Waals surface area contributed by atoms with Crippen molar-refractivity contribution in [3.05, 3.63) is 18.3 Å².